The summed E-state index contributed by atoms with van der Waals surface area (Å²) in [5, 5.41) is 7.59. The quantitative estimate of drug-likeness (QED) is 0.633. The molecule has 1 aromatic carbocycles. The van der Waals surface area contributed by atoms with Crippen LogP contribution in [0.5, 0.6) is 0 Å². The van der Waals surface area contributed by atoms with Crippen LogP contribution in [0.1, 0.15) is 30.3 Å². The highest BCUT2D eigenvalue weighted by atomic mass is 16.5. The van der Waals surface area contributed by atoms with Crippen molar-refractivity contribution in [3.05, 3.63) is 30.0 Å². The number of H-pyrrole nitrogens is 1. The molecular weight excluding hydrogens is 204 g/mol. The third-order valence-electron chi connectivity index (χ3n) is 2.39. The van der Waals surface area contributed by atoms with Crippen molar-refractivity contribution in [2.24, 2.45) is 0 Å². The van der Waals surface area contributed by atoms with E-state index < -0.39 is 0 Å². The molecule has 0 spiro atoms. The Kier molecular flexibility index (Phi) is 3.19. The molecule has 0 aliphatic carbocycles. The standard InChI is InChI=1S/C12H14N2O2/c1-2-3-8-16-12(15)11-9-6-4-5-7-10(9)13-14-11/h4-7H,2-3,8H2,1H3,(H,13,14). The van der Waals surface area contributed by atoms with Gasteiger partial charge in [0.1, 0.15) is 0 Å². The van der Waals surface area contributed by atoms with Gasteiger partial charge in [0.05, 0.1) is 12.1 Å². The smallest absolute Gasteiger partial charge is 0.359 e. The molecule has 1 heterocycles. The number of carbonyl (C=O) groups is 1. The number of aromatic nitrogens is 2. The molecule has 1 aromatic heterocycles. The molecule has 0 fully saturated rings. The Balaban J connectivity index is 2.17. The van der Waals surface area contributed by atoms with Gasteiger partial charge in [-0.1, -0.05) is 31.5 Å². The van der Waals surface area contributed by atoms with Gasteiger partial charge in [-0.2, -0.15) is 5.10 Å². The normalized spacial score (nSPS) is 10.6. The minimum absolute atomic E-state index is 0.356. The molecule has 16 heavy (non-hydrogen) atoms. The van der Waals surface area contributed by atoms with E-state index >= 15 is 0 Å². The van der Waals surface area contributed by atoms with Crippen molar-refractivity contribution in [3.63, 3.8) is 0 Å². The van der Waals surface area contributed by atoms with E-state index in [0.29, 0.717) is 12.3 Å². The SMILES string of the molecule is CCCCOC(=O)c1n[nH]c2ccccc12. The Morgan fingerprint density at radius 2 is 2.25 bits per heavy atom. The molecule has 0 radical (unpaired) electrons. The van der Waals surface area contributed by atoms with Gasteiger partial charge in [0.25, 0.3) is 0 Å². The number of fused-ring (bicyclic) bond motifs is 1. The van der Waals surface area contributed by atoms with Gasteiger partial charge in [0.2, 0.25) is 0 Å². The molecule has 0 saturated carbocycles. The highest BCUT2D eigenvalue weighted by molar-refractivity contribution is 6.01. The first kappa shape index (κ1) is 10.7. The topological polar surface area (TPSA) is 55.0 Å². The van der Waals surface area contributed by atoms with Gasteiger partial charge in [-0.05, 0) is 12.5 Å². The summed E-state index contributed by atoms with van der Waals surface area (Å²) in [6, 6.07) is 7.51. The maximum atomic E-state index is 11.7. The van der Waals surface area contributed by atoms with Crippen molar-refractivity contribution in [1.82, 2.24) is 10.2 Å². The number of hydrogen-bond donors (Lipinski definition) is 1. The average molecular weight is 218 g/mol. The molecule has 2 aromatic rings. The number of nitrogens with zero attached hydrogens (tertiary/aromatic N) is 1. The molecule has 0 aliphatic rings. The van der Waals surface area contributed by atoms with Gasteiger partial charge >= 0.3 is 5.97 Å². The van der Waals surface area contributed by atoms with Crippen LogP contribution in [-0.4, -0.2) is 22.8 Å². The van der Waals surface area contributed by atoms with Crippen molar-refractivity contribution in [2.45, 2.75) is 19.8 Å². The molecule has 4 nitrogen and oxygen atoms in total. The zero-order valence-corrected chi connectivity index (χ0v) is 9.19. The first-order chi connectivity index (χ1) is 7.83. The molecule has 1 N–H and O–H groups in total. The molecule has 0 aliphatic heterocycles. The lowest BCUT2D eigenvalue weighted by Crippen LogP contribution is -2.07. The molecule has 0 bridgehead atoms. The molecule has 0 unspecified atom stereocenters. The summed E-state index contributed by atoms with van der Waals surface area (Å²) in [5.74, 6) is -0.356. The van der Waals surface area contributed by atoms with Gasteiger partial charge in [0.15, 0.2) is 5.69 Å². The van der Waals surface area contributed by atoms with E-state index in [1.807, 2.05) is 24.3 Å². The lowest BCUT2D eigenvalue weighted by Gasteiger charge is -2.00. The summed E-state index contributed by atoms with van der Waals surface area (Å²) in [5.41, 5.74) is 1.22. The number of nitrogens with one attached hydrogen (secondary N) is 1. The third-order valence-corrected chi connectivity index (χ3v) is 2.39. The summed E-state index contributed by atoms with van der Waals surface area (Å²) in [6.07, 6.45) is 1.89. The van der Waals surface area contributed by atoms with Crippen molar-refractivity contribution in [1.29, 1.82) is 0 Å². The van der Waals surface area contributed by atoms with Gasteiger partial charge in [-0.3, -0.25) is 5.10 Å². The van der Waals surface area contributed by atoms with Gasteiger partial charge in [-0.15, -0.1) is 0 Å². The Morgan fingerprint density at radius 3 is 3.06 bits per heavy atom. The lowest BCUT2D eigenvalue weighted by atomic mass is 10.2. The predicted molar refractivity (Wildman–Crippen MR) is 61.3 cm³/mol. The van der Waals surface area contributed by atoms with Crippen LogP contribution in [0.15, 0.2) is 24.3 Å². The van der Waals surface area contributed by atoms with E-state index in [9.17, 15) is 4.79 Å². The summed E-state index contributed by atoms with van der Waals surface area (Å²) in [4.78, 5) is 11.7. The number of rotatable bonds is 4. The fourth-order valence-electron chi connectivity index (χ4n) is 1.50. The minimum atomic E-state index is -0.356. The zero-order chi connectivity index (χ0) is 11.4. The van der Waals surface area contributed by atoms with E-state index in [1.165, 1.54) is 0 Å². The number of benzene rings is 1. The van der Waals surface area contributed by atoms with Gasteiger partial charge < -0.3 is 4.74 Å². The number of unbranched alkanes of at least 4 members (excludes halogenated alkanes) is 1. The molecule has 0 amide bonds. The Hall–Kier alpha value is -1.84. The van der Waals surface area contributed by atoms with E-state index in [1.54, 1.807) is 0 Å². The van der Waals surface area contributed by atoms with E-state index in [4.69, 9.17) is 4.74 Å². The Labute approximate surface area is 93.6 Å². The highest BCUT2D eigenvalue weighted by Gasteiger charge is 2.14. The predicted octanol–water partition coefficient (Wildman–Crippen LogP) is 2.52. The second kappa shape index (κ2) is 4.79. The van der Waals surface area contributed by atoms with E-state index in [0.717, 1.165) is 23.7 Å². The summed E-state index contributed by atoms with van der Waals surface area (Å²) in [6.45, 7) is 2.51. The molecule has 4 heteroatoms. The summed E-state index contributed by atoms with van der Waals surface area (Å²) in [7, 11) is 0. The third kappa shape index (κ3) is 2.05. The van der Waals surface area contributed by atoms with Gasteiger partial charge in [0, 0.05) is 5.39 Å². The van der Waals surface area contributed by atoms with E-state index in [2.05, 4.69) is 17.1 Å². The molecular formula is C12H14N2O2. The van der Waals surface area contributed by atoms with Crippen molar-refractivity contribution < 1.29 is 9.53 Å². The summed E-state index contributed by atoms with van der Waals surface area (Å²) < 4.78 is 5.11. The minimum Gasteiger partial charge on any atom is -0.461 e. The van der Waals surface area contributed by atoms with Crippen LogP contribution in [0, 0.1) is 0 Å². The van der Waals surface area contributed by atoms with Crippen molar-refractivity contribution in [3.8, 4) is 0 Å². The Morgan fingerprint density at radius 1 is 1.44 bits per heavy atom. The number of para-hydroxylation sites is 1. The van der Waals surface area contributed by atoms with Gasteiger partial charge in [-0.25, -0.2) is 4.79 Å². The first-order valence-corrected chi connectivity index (χ1v) is 5.43. The number of ether oxygens (including phenoxy) is 1. The Bertz CT molecular complexity index is 490. The average Bonchev–Trinajstić information content (AvgIpc) is 2.73. The zero-order valence-electron chi connectivity index (χ0n) is 9.19. The fourth-order valence-corrected chi connectivity index (χ4v) is 1.50. The van der Waals surface area contributed by atoms with Crippen LogP contribution in [0.4, 0.5) is 0 Å². The van der Waals surface area contributed by atoms with Crippen LogP contribution in [0.3, 0.4) is 0 Å². The second-order valence-corrected chi connectivity index (χ2v) is 3.61. The van der Waals surface area contributed by atoms with Crippen LogP contribution in [0.2, 0.25) is 0 Å². The second-order valence-electron chi connectivity index (χ2n) is 3.61. The molecule has 2 rings (SSSR count). The van der Waals surface area contributed by atoms with Crippen LogP contribution in [-0.2, 0) is 4.74 Å². The summed E-state index contributed by atoms with van der Waals surface area (Å²) >= 11 is 0. The number of hydrogen-bond acceptors (Lipinski definition) is 3. The van der Waals surface area contributed by atoms with Crippen molar-refractivity contribution >= 4 is 16.9 Å². The molecule has 0 atom stereocenters. The van der Waals surface area contributed by atoms with Crippen molar-refractivity contribution in [2.75, 3.05) is 6.61 Å². The largest absolute Gasteiger partial charge is 0.461 e. The van der Waals surface area contributed by atoms with E-state index in [-0.39, 0.29) is 5.97 Å². The highest BCUT2D eigenvalue weighted by Crippen LogP contribution is 2.15. The number of aromatic amines is 1. The first-order valence-electron chi connectivity index (χ1n) is 5.43. The van der Waals surface area contributed by atoms with Crippen LogP contribution in [0.25, 0.3) is 10.9 Å². The van der Waals surface area contributed by atoms with Crippen LogP contribution < -0.4 is 0 Å². The maximum absolute atomic E-state index is 11.7. The molecule has 0 saturated heterocycles. The maximum Gasteiger partial charge on any atom is 0.359 e. The number of esters is 1. The molecule has 84 valence electrons. The monoisotopic (exact) mass is 218 g/mol. The number of carbonyl (C=O) groups excluding carboxylic acids is 1. The fraction of sp³-hybridized carbons (Fsp3) is 0.333. The van der Waals surface area contributed by atoms with Crippen LogP contribution >= 0.6 is 0 Å². The lowest BCUT2D eigenvalue weighted by molar-refractivity contribution is 0.0495.